The molecule has 4 nitrogen and oxygen atoms in total. The van der Waals surface area contributed by atoms with Crippen molar-refractivity contribution in [1.29, 1.82) is 0 Å². The van der Waals surface area contributed by atoms with Crippen molar-refractivity contribution >= 4 is 10.8 Å². The van der Waals surface area contributed by atoms with Crippen molar-refractivity contribution in [2.24, 2.45) is 0 Å². The molecule has 0 radical (unpaired) electrons. The number of rotatable bonds is 3. The number of hydrogen-bond donors (Lipinski definition) is 1. The van der Waals surface area contributed by atoms with Crippen LogP contribution in [0.5, 0.6) is 11.6 Å². The molecule has 0 atom stereocenters. The second-order valence-electron chi connectivity index (χ2n) is 4.49. The molecule has 0 aliphatic rings. The zero-order valence-corrected chi connectivity index (χ0v) is 11.1. The van der Waals surface area contributed by atoms with Crippen molar-refractivity contribution in [2.75, 3.05) is 0 Å². The van der Waals surface area contributed by atoms with Crippen LogP contribution < -0.4 is 4.74 Å². The van der Waals surface area contributed by atoms with E-state index in [-0.39, 0.29) is 6.61 Å². The first-order valence-electron chi connectivity index (χ1n) is 6.37. The molecule has 0 aliphatic heterocycles. The van der Waals surface area contributed by atoms with Crippen LogP contribution in [0.15, 0.2) is 48.7 Å². The molecule has 3 rings (SSSR count). The normalized spacial score (nSPS) is 10.7. The van der Waals surface area contributed by atoms with Crippen LogP contribution >= 0.6 is 0 Å². The van der Waals surface area contributed by atoms with Gasteiger partial charge in [0.25, 0.3) is 0 Å². The number of ether oxygens (including phenoxy) is 1. The summed E-state index contributed by atoms with van der Waals surface area (Å²) >= 11 is 0. The molecule has 0 saturated carbocycles. The van der Waals surface area contributed by atoms with E-state index in [9.17, 15) is 5.11 Å². The lowest BCUT2D eigenvalue weighted by Crippen LogP contribution is -1.97. The predicted octanol–water partition coefficient (Wildman–Crippen LogP) is 3.22. The monoisotopic (exact) mass is 266 g/mol. The Morgan fingerprint density at radius 2 is 2.00 bits per heavy atom. The number of fused-ring (bicyclic) bond motifs is 1. The molecule has 0 saturated heterocycles. The van der Waals surface area contributed by atoms with Crippen LogP contribution in [0.25, 0.3) is 10.8 Å². The summed E-state index contributed by atoms with van der Waals surface area (Å²) in [4.78, 5) is 8.55. The molecule has 100 valence electrons. The van der Waals surface area contributed by atoms with Crippen molar-refractivity contribution in [2.45, 2.75) is 13.5 Å². The standard InChI is InChI=1S/C16H14N2O2/c1-11-15(7-4-8-17-11)20-16-14-6-3-2-5-12(14)9-13(10-19)18-16/h2-9,19H,10H2,1H3. The molecule has 0 amide bonds. The molecule has 2 heterocycles. The summed E-state index contributed by atoms with van der Waals surface area (Å²) in [5.41, 5.74) is 1.38. The van der Waals surface area contributed by atoms with Gasteiger partial charge in [0, 0.05) is 11.6 Å². The van der Waals surface area contributed by atoms with Crippen LogP contribution in [0.1, 0.15) is 11.4 Å². The molecule has 0 unspecified atom stereocenters. The maximum absolute atomic E-state index is 9.31. The van der Waals surface area contributed by atoms with E-state index >= 15 is 0 Å². The number of aliphatic hydroxyl groups excluding tert-OH is 1. The second kappa shape index (κ2) is 5.27. The van der Waals surface area contributed by atoms with Gasteiger partial charge in [-0.05, 0) is 36.6 Å². The summed E-state index contributed by atoms with van der Waals surface area (Å²) in [7, 11) is 0. The van der Waals surface area contributed by atoms with Gasteiger partial charge in [-0.3, -0.25) is 4.98 Å². The maximum atomic E-state index is 9.31. The summed E-state index contributed by atoms with van der Waals surface area (Å²) in [6.07, 6.45) is 1.72. The van der Waals surface area contributed by atoms with Crippen LogP contribution in [0, 0.1) is 6.92 Å². The van der Waals surface area contributed by atoms with E-state index in [2.05, 4.69) is 9.97 Å². The van der Waals surface area contributed by atoms with E-state index in [1.807, 2.05) is 49.4 Å². The van der Waals surface area contributed by atoms with Crippen molar-refractivity contribution in [1.82, 2.24) is 9.97 Å². The minimum atomic E-state index is -0.118. The van der Waals surface area contributed by atoms with Crippen LogP contribution in [-0.4, -0.2) is 15.1 Å². The first kappa shape index (κ1) is 12.6. The fourth-order valence-electron chi connectivity index (χ4n) is 2.06. The van der Waals surface area contributed by atoms with E-state index in [1.165, 1.54) is 0 Å². The number of pyridine rings is 2. The number of hydrogen-bond acceptors (Lipinski definition) is 4. The number of benzene rings is 1. The zero-order valence-electron chi connectivity index (χ0n) is 11.1. The van der Waals surface area contributed by atoms with E-state index in [1.54, 1.807) is 6.20 Å². The minimum absolute atomic E-state index is 0.118. The number of aryl methyl sites for hydroxylation is 1. The van der Waals surface area contributed by atoms with Crippen molar-refractivity contribution < 1.29 is 9.84 Å². The quantitative estimate of drug-likeness (QED) is 0.790. The molecule has 0 bridgehead atoms. The Balaban J connectivity index is 2.13. The molecule has 0 aliphatic carbocycles. The number of aromatic nitrogens is 2. The van der Waals surface area contributed by atoms with Crippen molar-refractivity contribution in [3.8, 4) is 11.6 Å². The molecule has 0 spiro atoms. The number of nitrogens with zero attached hydrogens (tertiary/aromatic N) is 2. The summed E-state index contributed by atoms with van der Waals surface area (Å²) < 4.78 is 5.88. The third-order valence-corrected chi connectivity index (χ3v) is 3.09. The molecule has 3 aromatic rings. The SMILES string of the molecule is Cc1ncccc1Oc1nc(CO)cc2ccccc12. The van der Waals surface area contributed by atoms with Crippen LogP contribution in [0.4, 0.5) is 0 Å². The van der Waals surface area contributed by atoms with E-state index in [4.69, 9.17) is 4.74 Å². The second-order valence-corrected chi connectivity index (χ2v) is 4.49. The van der Waals surface area contributed by atoms with Gasteiger partial charge >= 0.3 is 0 Å². The predicted molar refractivity (Wildman–Crippen MR) is 76.7 cm³/mol. The Morgan fingerprint density at radius 1 is 1.15 bits per heavy atom. The largest absolute Gasteiger partial charge is 0.436 e. The highest BCUT2D eigenvalue weighted by Gasteiger charge is 2.09. The van der Waals surface area contributed by atoms with Gasteiger partial charge in [0.05, 0.1) is 18.0 Å². The van der Waals surface area contributed by atoms with Gasteiger partial charge in [-0.2, -0.15) is 0 Å². The zero-order chi connectivity index (χ0) is 13.9. The van der Waals surface area contributed by atoms with Crippen molar-refractivity contribution in [3.63, 3.8) is 0 Å². The van der Waals surface area contributed by atoms with Gasteiger partial charge in [-0.15, -0.1) is 0 Å². The summed E-state index contributed by atoms with van der Waals surface area (Å²) in [5, 5.41) is 11.2. The molecular formula is C16H14N2O2. The Labute approximate surface area is 116 Å². The average Bonchev–Trinajstić information content (AvgIpc) is 2.49. The highest BCUT2D eigenvalue weighted by molar-refractivity contribution is 5.87. The minimum Gasteiger partial charge on any atom is -0.436 e. The first-order chi connectivity index (χ1) is 9.78. The lowest BCUT2D eigenvalue weighted by Gasteiger charge is -2.10. The van der Waals surface area contributed by atoms with Gasteiger partial charge in [0.2, 0.25) is 5.88 Å². The van der Waals surface area contributed by atoms with E-state index in [0.29, 0.717) is 17.3 Å². The highest BCUT2D eigenvalue weighted by atomic mass is 16.5. The Bertz CT molecular complexity index is 756. The molecule has 1 N–H and O–H groups in total. The van der Waals surface area contributed by atoms with E-state index in [0.717, 1.165) is 16.5 Å². The lowest BCUT2D eigenvalue weighted by atomic mass is 10.1. The summed E-state index contributed by atoms with van der Waals surface area (Å²) in [5.74, 6) is 1.16. The van der Waals surface area contributed by atoms with Gasteiger partial charge in [-0.25, -0.2) is 4.98 Å². The highest BCUT2D eigenvalue weighted by Crippen LogP contribution is 2.29. The van der Waals surface area contributed by atoms with Gasteiger partial charge in [0.1, 0.15) is 0 Å². The summed E-state index contributed by atoms with van der Waals surface area (Å²) in [6, 6.07) is 13.3. The molecule has 1 aromatic carbocycles. The lowest BCUT2D eigenvalue weighted by molar-refractivity contribution is 0.275. The van der Waals surface area contributed by atoms with Crippen LogP contribution in [0.3, 0.4) is 0 Å². The third-order valence-electron chi connectivity index (χ3n) is 3.09. The molecule has 4 heteroatoms. The smallest absolute Gasteiger partial charge is 0.227 e. The third kappa shape index (κ3) is 2.33. The molecule has 20 heavy (non-hydrogen) atoms. The van der Waals surface area contributed by atoms with Crippen molar-refractivity contribution in [3.05, 3.63) is 60.0 Å². The Hall–Kier alpha value is -2.46. The number of aliphatic hydroxyl groups is 1. The average molecular weight is 266 g/mol. The summed E-state index contributed by atoms with van der Waals surface area (Å²) in [6.45, 7) is 1.76. The van der Waals surface area contributed by atoms with Crippen LogP contribution in [-0.2, 0) is 6.61 Å². The van der Waals surface area contributed by atoms with E-state index < -0.39 is 0 Å². The van der Waals surface area contributed by atoms with Crippen LogP contribution in [0.2, 0.25) is 0 Å². The maximum Gasteiger partial charge on any atom is 0.227 e. The molecular weight excluding hydrogens is 252 g/mol. The topological polar surface area (TPSA) is 55.2 Å². The Morgan fingerprint density at radius 3 is 2.80 bits per heavy atom. The first-order valence-corrected chi connectivity index (χ1v) is 6.37. The van der Waals surface area contributed by atoms with Gasteiger partial charge in [-0.1, -0.05) is 18.2 Å². The molecule has 2 aromatic heterocycles. The molecule has 0 fully saturated rings. The fourth-order valence-corrected chi connectivity index (χ4v) is 2.06. The Kier molecular flexibility index (Phi) is 3.31. The van der Waals surface area contributed by atoms with Gasteiger partial charge < -0.3 is 9.84 Å². The fraction of sp³-hybridized carbons (Fsp3) is 0.125. The van der Waals surface area contributed by atoms with Gasteiger partial charge in [0.15, 0.2) is 5.75 Å².